The van der Waals surface area contributed by atoms with E-state index in [0.29, 0.717) is 11.4 Å². The predicted molar refractivity (Wildman–Crippen MR) is 97.8 cm³/mol. The van der Waals surface area contributed by atoms with Gasteiger partial charge in [0.05, 0.1) is 0 Å². The first-order valence-electron chi connectivity index (χ1n) is 7.41. The Balaban J connectivity index is 2.00. The number of pyridine rings is 1. The van der Waals surface area contributed by atoms with Gasteiger partial charge in [-0.05, 0) is 59.9 Å². The van der Waals surface area contributed by atoms with E-state index < -0.39 is 0 Å². The average molecular weight is 327 g/mol. The maximum absolute atomic E-state index is 12.2. The molecule has 1 heterocycles. The fraction of sp³-hybridized carbons (Fsp3) is 0.278. The van der Waals surface area contributed by atoms with Gasteiger partial charge in [-0.25, -0.2) is 4.98 Å². The zero-order valence-corrected chi connectivity index (χ0v) is 14.6. The van der Waals surface area contributed by atoms with E-state index in [1.54, 1.807) is 6.20 Å². The fourth-order valence-electron chi connectivity index (χ4n) is 2.05. The summed E-state index contributed by atoms with van der Waals surface area (Å²) in [5.74, 6) is 0.369. The number of amides is 1. The van der Waals surface area contributed by atoms with E-state index in [1.807, 2.05) is 43.3 Å². The first-order valence-corrected chi connectivity index (χ1v) is 7.82. The summed E-state index contributed by atoms with van der Waals surface area (Å²) in [6.45, 7) is 8.37. The van der Waals surface area contributed by atoms with Gasteiger partial charge in [-0.3, -0.25) is 10.1 Å². The number of hydrogen-bond donors (Lipinski definition) is 2. The van der Waals surface area contributed by atoms with Crippen LogP contribution in [0.4, 0.5) is 5.82 Å². The topological polar surface area (TPSA) is 54.0 Å². The Hall–Kier alpha value is -2.27. The Bertz CT molecular complexity index is 718. The van der Waals surface area contributed by atoms with Crippen LogP contribution in [0.25, 0.3) is 0 Å². The van der Waals surface area contributed by atoms with E-state index in [9.17, 15) is 4.79 Å². The van der Waals surface area contributed by atoms with Gasteiger partial charge < -0.3 is 5.32 Å². The minimum absolute atomic E-state index is 0.0582. The highest BCUT2D eigenvalue weighted by atomic mass is 32.1. The van der Waals surface area contributed by atoms with Crippen molar-refractivity contribution < 1.29 is 4.79 Å². The van der Waals surface area contributed by atoms with Crippen LogP contribution in [0.2, 0.25) is 0 Å². The van der Waals surface area contributed by atoms with Crippen LogP contribution in [0.3, 0.4) is 0 Å². The third kappa shape index (κ3) is 4.86. The van der Waals surface area contributed by atoms with Gasteiger partial charge in [-0.2, -0.15) is 0 Å². The van der Waals surface area contributed by atoms with Crippen molar-refractivity contribution in [1.82, 2.24) is 10.3 Å². The lowest BCUT2D eigenvalue weighted by atomic mass is 9.87. The summed E-state index contributed by atoms with van der Waals surface area (Å²) in [5, 5.41) is 5.80. The van der Waals surface area contributed by atoms with Gasteiger partial charge in [0.15, 0.2) is 5.11 Å². The highest BCUT2D eigenvalue weighted by Gasteiger charge is 2.14. The molecular formula is C18H21N3OS. The largest absolute Gasteiger partial charge is 0.317 e. The predicted octanol–water partition coefficient (Wildman–Crippen LogP) is 3.81. The van der Waals surface area contributed by atoms with E-state index in [0.717, 1.165) is 5.56 Å². The molecule has 0 radical (unpaired) electrons. The summed E-state index contributed by atoms with van der Waals surface area (Å²) in [5.41, 5.74) is 2.87. The van der Waals surface area contributed by atoms with Gasteiger partial charge in [0, 0.05) is 11.8 Å². The van der Waals surface area contributed by atoms with E-state index >= 15 is 0 Å². The second-order valence-corrected chi connectivity index (χ2v) is 6.86. The second-order valence-electron chi connectivity index (χ2n) is 6.45. The van der Waals surface area contributed by atoms with Crippen molar-refractivity contribution in [1.29, 1.82) is 0 Å². The molecule has 120 valence electrons. The molecule has 0 unspecified atom stereocenters. The Morgan fingerprint density at radius 2 is 1.78 bits per heavy atom. The van der Waals surface area contributed by atoms with E-state index in [-0.39, 0.29) is 16.4 Å². The molecule has 0 saturated heterocycles. The van der Waals surface area contributed by atoms with Crippen molar-refractivity contribution in [3.63, 3.8) is 0 Å². The number of anilines is 1. The van der Waals surface area contributed by atoms with E-state index in [1.165, 1.54) is 5.56 Å². The van der Waals surface area contributed by atoms with Crippen LogP contribution in [0.1, 0.15) is 42.3 Å². The molecule has 0 aliphatic carbocycles. The summed E-state index contributed by atoms with van der Waals surface area (Å²) >= 11 is 5.16. The Kier molecular flexibility index (Phi) is 5.11. The number of nitrogens with one attached hydrogen (secondary N) is 2. The van der Waals surface area contributed by atoms with Crippen LogP contribution in [0.15, 0.2) is 42.6 Å². The first-order chi connectivity index (χ1) is 10.8. The van der Waals surface area contributed by atoms with Crippen molar-refractivity contribution in [2.45, 2.75) is 33.1 Å². The average Bonchev–Trinajstić information content (AvgIpc) is 2.46. The van der Waals surface area contributed by atoms with Crippen LogP contribution in [-0.2, 0) is 5.41 Å². The highest BCUT2D eigenvalue weighted by Crippen LogP contribution is 2.22. The highest BCUT2D eigenvalue weighted by molar-refractivity contribution is 7.80. The Morgan fingerprint density at radius 1 is 1.13 bits per heavy atom. The molecule has 1 amide bonds. The monoisotopic (exact) mass is 327 g/mol. The summed E-state index contributed by atoms with van der Waals surface area (Å²) in [6, 6.07) is 11.3. The fourth-order valence-corrected chi connectivity index (χ4v) is 2.25. The molecule has 0 aliphatic rings. The van der Waals surface area contributed by atoms with Gasteiger partial charge in [0.2, 0.25) is 0 Å². The molecule has 0 bridgehead atoms. The Morgan fingerprint density at radius 3 is 2.35 bits per heavy atom. The molecule has 2 aromatic rings. The van der Waals surface area contributed by atoms with Crippen molar-refractivity contribution in [2.24, 2.45) is 0 Å². The van der Waals surface area contributed by atoms with Gasteiger partial charge in [-0.15, -0.1) is 0 Å². The third-order valence-electron chi connectivity index (χ3n) is 3.40. The van der Waals surface area contributed by atoms with Crippen molar-refractivity contribution in [3.8, 4) is 0 Å². The lowest BCUT2D eigenvalue weighted by Gasteiger charge is -2.19. The number of aryl methyl sites for hydroxylation is 1. The number of aromatic nitrogens is 1. The molecule has 0 aliphatic heterocycles. The van der Waals surface area contributed by atoms with Crippen molar-refractivity contribution in [3.05, 3.63) is 59.3 Å². The number of benzene rings is 1. The maximum atomic E-state index is 12.2. The summed E-state index contributed by atoms with van der Waals surface area (Å²) in [7, 11) is 0. The minimum atomic E-state index is -0.240. The summed E-state index contributed by atoms with van der Waals surface area (Å²) < 4.78 is 0. The Labute approximate surface area is 142 Å². The van der Waals surface area contributed by atoms with Gasteiger partial charge in [0.1, 0.15) is 5.82 Å². The molecule has 2 N–H and O–H groups in total. The van der Waals surface area contributed by atoms with Gasteiger partial charge in [-0.1, -0.05) is 32.9 Å². The molecule has 0 spiro atoms. The normalized spacial score (nSPS) is 11.0. The number of hydrogen-bond acceptors (Lipinski definition) is 3. The van der Waals surface area contributed by atoms with Gasteiger partial charge >= 0.3 is 0 Å². The molecule has 2 rings (SSSR count). The van der Waals surface area contributed by atoms with Crippen LogP contribution in [0, 0.1) is 6.92 Å². The van der Waals surface area contributed by atoms with Gasteiger partial charge in [0.25, 0.3) is 5.91 Å². The standard InChI is InChI=1S/C18H21N3OS/c1-12-9-10-19-15(11-12)20-17(23)21-16(22)13-5-7-14(8-6-13)18(2,3)4/h5-11H,1-4H3,(H2,19,20,21,22,23). The molecule has 23 heavy (non-hydrogen) atoms. The number of nitrogens with zero attached hydrogens (tertiary/aromatic N) is 1. The zero-order chi connectivity index (χ0) is 17.0. The lowest BCUT2D eigenvalue weighted by Crippen LogP contribution is -2.34. The van der Waals surface area contributed by atoms with Crippen molar-refractivity contribution in [2.75, 3.05) is 5.32 Å². The zero-order valence-electron chi connectivity index (χ0n) is 13.8. The molecule has 0 fully saturated rings. The molecular weight excluding hydrogens is 306 g/mol. The van der Waals surface area contributed by atoms with Crippen LogP contribution < -0.4 is 10.6 Å². The number of carbonyl (C=O) groups is 1. The van der Waals surface area contributed by atoms with Crippen LogP contribution in [0.5, 0.6) is 0 Å². The van der Waals surface area contributed by atoms with Crippen LogP contribution in [-0.4, -0.2) is 16.0 Å². The van der Waals surface area contributed by atoms with E-state index in [2.05, 4.69) is 36.4 Å². The van der Waals surface area contributed by atoms with Crippen LogP contribution >= 0.6 is 12.2 Å². The maximum Gasteiger partial charge on any atom is 0.257 e. The number of carbonyl (C=O) groups excluding carboxylic acids is 1. The minimum Gasteiger partial charge on any atom is -0.317 e. The molecule has 0 atom stereocenters. The van der Waals surface area contributed by atoms with Crippen molar-refractivity contribution >= 4 is 29.1 Å². The molecule has 1 aromatic carbocycles. The molecule has 0 saturated carbocycles. The first kappa shape index (κ1) is 17.1. The number of thiocarbonyl (C=S) groups is 1. The smallest absolute Gasteiger partial charge is 0.257 e. The molecule has 4 nitrogen and oxygen atoms in total. The quantitative estimate of drug-likeness (QED) is 0.824. The molecule has 1 aromatic heterocycles. The third-order valence-corrected chi connectivity index (χ3v) is 3.60. The SMILES string of the molecule is Cc1ccnc(NC(=S)NC(=O)c2ccc(C(C)(C)C)cc2)c1. The summed E-state index contributed by atoms with van der Waals surface area (Å²) in [4.78, 5) is 16.4. The molecule has 5 heteroatoms. The summed E-state index contributed by atoms with van der Waals surface area (Å²) in [6.07, 6.45) is 1.69. The number of rotatable bonds is 2. The van der Waals surface area contributed by atoms with E-state index in [4.69, 9.17) is 12.2 Å². The lowest BCUT2D eigenvalue weighted by molar-refractivity contribution is 0.0977. The second kappa shape index (κ2) is 6.87.